The van der Waals surface area contributed by atoms with Gasteiger partial charge >= 0.3 is 0 Å². The van der Waals surface area contributed by atoms with Crippen LogP contribution in [0.15, 0.2) is 42.5 Å². The number of hydrogen-bond acceptors (Lipinski definition) is 4. The fraction of sp³-hybridized carbons (Fsp3) is 0.421. The van der Waals surface area contributed by atoms with Gasteiger partial charge in [-0.2, -0.15) is 17.0 Å². The molecule has 0 saturated carbocycles. The molecule has 3 rings (SSSR count). The minimum Gasteiger partial charge on any atom is -0.497 e. The first kappa shape index (κ1) is 18.8. The molecule has 1 unspecified atom stereocenters. The average molecular weight is 375 g/mol. The van der Waals surface area contributed by atoms with Crippen molar-refractivity contribution in [1.29, 1.82) is 0 Å². The first-order valence-corrected chi connectivity index (χ1v) is 10.1. The van der Waals surface area contributed by atoms with Crippen molar-refractivity contribution in [2.24, 2.45) is 0 Å². The Morgan fingerprint density at radius 1 is 1.15 bits per heavy atom. The highest BCUT2D eigenvalue weighted by molar-refractivity contribution is 7.86. The Hall–Kier alpha value is -1.96. The molecule has 6 nitrogen and oxygen atoms in total. The molecule has 0 N–H and O–H groups in total. The van der Waals surface area contributed by atoms with Crippen LogP contribution >= 0.6 is 0 Å². The summed E-state index contributed by atoms with van der Waals surface area (Å²) in [6.07, 6.45) is 1.78. The summed E-state index contributed by atoms with van der Waals surface area (Å²) >= 11 is 0. The zero-order valence-electron chi connectivity index (χ0n) is 15.4. The van der Waals surface area contributed by atoms with Gasteiger partial charge in [0.25, 0.3) is 10.2 Å². The molecule has 1 aliphatic heterocycles. The van der Waals surface area contributed by atoms with E-state index >= 15 is 0 Å². The second kappa shape index (κ2) is 7.73. The normalized spacial score (nSPS) is 18.8. The maximum Gasteiger partial charge on any atom is 0.281 e. The first-order valence-electron chi connectivity index (χ1n) is 8.71. The highest BCUT2D eigenvalue weighted by atomic mass is 32.2. The van der Waals surface area contributed by atoms with Crippen molar-refractivity contribution in [1.82, 2.24) is 13.6 Å². The number of piperidine rings is 1. The molecule has 0 aliphatic carbocycles. The van der Waals surface area contributed by atoms with Crippen molar-refractivity contribution in [3.63, 3.8) is 0 Å². The molecule has 0 amide bonds. The molecule has 140 valence electrons. The molecule has 2 heterocycles. The van der Waals surface area contributed by atoms with Crippen molar-refractivity contribution in [2.45, 2.75) is 18.8 Å². The Kier molecular flexibility index (Phi) is 5.60. The van der Waals surface area contributed by atoms with Crippen LogP contribution in [-0.4, -0.2) is 56.3 Å². The lowest BCUT2D eigenvalue weighted by Crippen LogP contribution is -2.45. The van der Waals surface area contributed by atoms with Crippen LogP contribution in [0.3, 0.4) is 0 Å². The molecule has 7 heteroatoms. The van der Waals surface area contributed by atoms with Gasteiger partial charge in [-0.3, -0.25) is 4.98 Å². The summed E-state index contributed by atoms with van der Waals surface area (Å²) in [6.45, 7) is 1.04. The van der Waals surface area contributed by atoms with E-state index in [1.165, 1.54) is 4.31 Å². The highest BCUT2D eigenvalue weighted by Crippen LogP contribution is 2.29. The van der Waals surface area contributed by atoms with E-state index in [0.29, 0.717) is 13.1 Å². The second-order valence-corrected chi connectivity index (χ2v) is 8.81. The van der Waals surface area contributed by atoms with E-state index in [0.717, 1.165) is 35.5 Å². The number of methoxy groups -OCH3 is 1. The first-order chi connectivity index (χ1) is 12.4. The largest absolute Gasteiger partial charge is 0.497 e. The van der Waals surface area contributed by atoms with Crippen molar-refractivity contribution < 1.29 is 13.2 Å². The fourth-order valence-corrected chi connectivity index (χ4v) is 4.42. The monoisotopic (exact) mass is 375 g/mol. The molecule has 1 aliphatic rings. The number of pyridine rings is 1. The molecule has 2 aromatic rings. The van der Waals surface area contributed by atoms with Crippen molar-refractivity contribution in [2.75, 3.05) is 34.3 Å². The molecule has 1 fully saturated rings. The third kappa shape index (κ3) is 3.90. The van der Waals surface area contributed by atoms with Crippen molar-refractivity contribution in [3.05, 3.63) is 48.2 Å². The van der Waals surface area contributed by atoms with Crippen LogP contribution < -0.4 is 4.74 Å². The minimum absolute atomic E-state index is 0.108. The fourth-order valence-electron chi connectivity index (χ4n) is 3.23. The summed E-state index contributed by atoms with van der Waals surface area (Å²) in [5.74, 6) is 0.915. The van der Waals surface area contributed by atoms with Crippen LogP contribution in [0.5, 0.6) is 5.75 Å². The summed E-state index contributed by atoms with van der Waals surface area (Å²) < 4.78 is 32.9. The highest BCUT2D eigenvalue weighted by Gasteiger charge is 2.31. The Morgan fingerprint density at radius 2 is 1.88 bits per heavy atom. The molecule has 26 heavy (non-hydrogen) atoms. The number of benzene rings is 1. The topological polar surface area (TPSA) is 62.7 Å². The van der Waals surface area contributed by atoms with Gasteiger partial charge in [0.15, 0.2) is 0 Å². The number of hydrogen-bond donors (Lipinski definition) is 0. The minimum atomic E-state index is -3.39. The van der Waals surface area contributed by atoms with E-state index < -0.39 is 10.2 Å². The third-order valence-corrected chi connectivity index (χ3v) is 6.65. The summed E-state index contributed by atoms with van der Waals surface area (Å²) in [6, 6.07) is 13.7. The molecule has 0 radical (unpaired) electrons. The Labute approximate surface area is 155 Å². The van der Waals surface area contributed by atoms with Gasteiger partial charge < -0.3 is 4.74 Å². The van der Waals surface area contributed by atoms with E-state index in [9.17, 15) is 8.42 Å². The number of ether oxygens (including phenoxy) is 1. The third-order valence-electron chi connectivity index (χ3n) is 4.75. The lowest BCUT2D eigenvalue weighted by molar-refractivity contribution is 0.296. The molecular formula is C19H25N3O3S. The SMILES string of the molecule is COc1ccc(-c2cccc(C3CCCN(S(=O)(=O)N(C)C)C3)n2)cc1. The predicted octanol–water partition coefficient (Wildman–Crippen LogP) is 2.74. The number of aromatic nitrogens is 1. The van der Waals surface area contributed by atoms with Gasteiger partial charge in [-0.15, -0.1) is 0 Å². The second-order valence-electron chi connectivity index (χ2n) is 6.66. The zero-order valence-corrected chi connectivity index (χ0v) is 16.2. The van der Waals surface area contributed by atoms with Gasteiger partial charge in [0.2, 0.25) is 0 Å². The van der Waals surface area contributed by atoms with Gasteiger partial charge in [0.1, 0.15) is 5.75 Å². The quantitative estimate of drug-likeness (QED) is 0.806. The van der Waals surface area contributed by atoms with Crippen LogP contribution in [0, 0.1) is 0 Å². The van der Waals surface area contributed by atoms with Crippen LogP contribution in [0.2, 0.25) is 0 Å². The van der Waals surface area contributed by atoms with Crippen LogP contribution in [0.25, 0.3) is 11.3 Å². The summed E-state index contributed by atoms with van der Waals surface area (Å²) in [4.78, 5) is 4.81. The van der Waals surface area contributed by atoms with E-state index in [1.807, 2.05) is 42.5 Å². The smallest absolute Gasteiger partial charge is 0.281 e. The Morgan fingerprint density at radius 3 is 2.54 bits per heavy atom. The Balaban J connectivity index is 1.83. The van der Waals surface area contributed by atoms with E-state index in [4.69, 9.17) is 9.72 Å². The zero-order chi connectivity index (χ0) is 18.7. The maximum absolute atomic E-state index is 12.4. The molecule has 1 aromatic heterocycles. The lowest BCUT2D eigenvalue weighted by atomic mass is 9.95. The lowest BCUT2D eigenvalue weighted by Gasteiger charge is -2.33. The van der Waals surface area contributed by atoms with Crippen LogP contribution in [0.1, 0.15) is 24.5 Å². The van der Waals surface area contributed by atoms with Gasteiger partial charge in [-0.25, -0.2) is 0 Å². The summed E-state index contributed by atoms with van der Waals surface area (Å²) in [7, 11) is 1.40. The van der Waals surface area contributed by atoms with Crippen LogP contribution in [-0.2, 0) is 10.2 Å². The molecule has 1 aromatic carbocycles. The molecular weight excluding hydrogens is 350 g/mol. The van der Waals surface area contributed by atoms with E-state index in [-0.39, 0.29) is 5.92 Å². The summed E-state index contributed by atoms with van der Waals surface area (Å²) in [5.41, 5.74) is 2.84. The maximum atomic E-state index is 12.4. The van der Waals surface area contributed by atoms with Crippen LogP contribution in [0.4, 0.5) is 0 Å². The molecule has 1 saturated heterocycles. The molecule has 0 spiro atoms. The van der Waals surface area contributed by atoms with Gasteiger partial charge in [0.05, 0.1) is 12.8 Å². The van der Waals surface area contributed by atoms with E-state index in [1.54, 1.807) is 25.5 Å². The number of rotatable bonds is 5. The van der Waals surface area contributed by atoms with E-state index in [2.05, 4.69) is 0 Å². The van der Waals surface area contributed by atoms with Gasteiger partial charge in [-0.1, -0.05) is 6.07 Å². The molecule has 1 atom stereocenters. The van der Waals surface area contributed by atoms with Gasteiger partial charge in [0, 0.05) is 44.4 Å². The van der Waals surface area contributed by atoms with Gasteiger partial charge in [-0.05, 0) is 49.2 Å². The average Bonchev–Trinajstić information content (AvgIpc) is 2.68. The van der Waals surface area contributed by atoms with Crippen molar-refractivity contribution in [3.8, 4) is 17.0 Å². The predicted molar refractivity (Wildman–Crippen MR) is 102 cm³/mol. The summed E-state index contributed by atoms with van der Waals surface area (Å²) in [5, 5.41) is 0. The van der Waals surface area contributed by atoms with Crippen molar-refractivity contribution >= 4 is 10.2 Å². The molecule has 0 bridgehead atoms. The number of nitrogens with zero attached hydrogens (tertiary/aromatic N) is 3. The Bertz CT molecular complexity index is 851. The standard InChI is InChI=1S/C19H25N3O3S/c1-21(2)26(23,24)22-13-5-6-16(14-22)19-8-4-7-18(20-19)15-9-11-17(25-3)12-10-15/h4,7-12,16H,5-6,13-14H2,1-3H3.